The van der Waals surface area contributed by atoms with Crippen LogP contribution in [-0.4, -0.2) is 58.8 Å². The SMILES string of the molecule is CC(=O)OC1C2O[C@@H](C(OC(C)=O)C2O)[C@H]1O. The third kappa shape index (κ3) is 2.01. The third-order valence-electron chi connectivity index (χ3n) is 2.91. The Bertz CT molecular complexity index is 310. The van der Waals surface area contributed by atoms with Gasteiger partial charge in [-0.2, -0.15) is 0 Å². The molecule has 0 spiro atoms. The number of hydrogen-bond donors (Lipinski definition) is 2. The molecule has 0 amide bonds. The van der Waals surface area contributed by atoms with Gasteiger partial charge in [0.1, 0.15) is 24.4 Å². The Morgan fingerprint density at radius 2 is 1.29 bits per heavy atom. The van der Waals surface area contributed by atoms with Gasteiger partial charge in [-0.25, -0.2) is 0 Å². The fourth-order valence-electron chi connectivity index (χ4n) is 2.31. The Kier molecular flexibility index (Phi) is 3.07. The topological polar surface area (TPSA) is 102 Å². The standard InChI is InChI=1S/C10H14O7/c1-3(11)15-7-5(13)10-8(16-4(2)12)6(14)9(7)17-10/h5-10,13-14H,1-2H3/t5-,6?,7?,8?,9?,10+/m0/s1. The summed E-state index contributed by atoms with van der Waals surface area (Å²) in [6.07, 6.45) is -5.75. The van der Waals surface area contributed by atoms with E-state index in [1.54, 1.807) is 0 Å². The first-order valence-electron chi connectivity index (χ1n) is 5.28. The first-order valence-corrected chi connectivity index (χ1v) is 5.28. The molecule has 2 heterocycles. The average molecular weight is 246 g/mol. The Morgan fingerprint density at radius 1 is 0.941 bits per heavy atom. The van der Waals surface area contributed by atoms with Crippen molar-refractivity contribution in [2.24, 2.45) is 0 Å². The zero-order chi connectivity index (χ0) is 12.7. The van der Waals surface area contributed by atoms with Crippen molar-refractivity contribution in [3.05, 3.63) is 0 Å². The second-order valence-corrected chi connectivity index (χ2v) is 4.19. The van der Waals surface area contributed by atoms with Gasteiger partial charge in [-0.3, -0.25) is 9.59 Å². The van der Waals surface area contributed by atoms with Crippen LogP contribution >= 0.6 is 0 Å². The molecule has 2 rings (SSSR count). The van der Waals surface area contributed by atoms with Crippen LogP contribution in [0.4, 0.5) is 0 Å². The van der Waals surface area contributed by atoms with Crippen molar-refractivity contribution in [1.29, 1.82) is 0 Å². The van der Waals surface area contributed by atoms with Crippen LogP contribution in [0.15, 0.2) is 0 Å². The molecular formula is C10H14O7. The number of aliphatic hydroxyl groups is 2. The predicted molar refractivity (Wildman–Crippen MR) is 51.8 cm³/mol. The molecule has 6 atom stereocenters. The van der Waals surface area contributed by atoms with Gasteiger partial charge in [0.05, 0.1) is 0 Å². The van der Waals surface area contributed by atoms with E-state index in [0.717, 1.165) is 0 Å². The smallest absolute Gasteiger partial charge is 0.303 e. The molecule has 2 aliphatic heterocycles. The molecule has 0 aromatic rings. The van der Waals surface area contributed by atoms with Crippen LogP contribution in [0.2, 0.25) is 0 Å². The number of carbonyl (C=O) groups excluding carboxylic acids is 2. The Hall–Kier alpha value is -1.18. The maximum absolute atomic E-state index is 10.8. The van der Waals surface area contributed by atoms with E-state index in [4.69, 9.17) is 14.2 Å². The zero-order valence-corrected chi connectivity index (χ0v) is 9.40. The van der Waals surface area contributed by atoms with Crippen molar-refractivity contribution in [1.82, 2.24) is 0 Å². The van der Waals surface area contributed by atoms with E-state index < -0.39 is 48.6 Å². The van der Waals surface area contributed by atoms with E-state index in [1.807, 2.05) is 0 Å². The monoisotopic (exact) mass is 246 g/mol. The van der Waals surface area contributed by atoms with Gasteiger partial charge in [-0.15, -0.1) is 0 Å². The van der Waals surface area contributed by atoms with Gasteiger partial charge in [0.25, 0.3) is 0 Å². The van der Waals surface area contributed by atoms with Crippen LogP contribution < -0.4 is 0 Å². The fraction of sp³-hybridized carbons (Fsp3) is 0.800. The van der Waals surface area contributed by atoms with Crippen molar-refractivity contribution in [3.63, 3.8) is 0 Å². The van der Waals surface area contributed by atoms with Crippen molar-refractivity contribution < 1.29 is 34.0 Å². The maximum atomic E-state index is 10.8. The van der Waals surface area contributed by atoms with Gasteiger partial charge in [0, 0.05) is 13.8 Å². The normalized spacial score (nSPS) is 43.5. The highest BCUT2D eigenvalue weighted by Crippen LogP contribution is 2.38. The fourth-order valence-corrected chi connectivity index (χ4v) is 2.31. The summed E-state index contributed by atoms with van der Waals surface area (Å²) in [6.45, 7) is 2.41. The number of hydrogen-bond acceptors (Lipinski definition) is 7. The Labute approximate surface area is 97.3 Å². The summed E-state index contributed by atoms with van der Waals surface area (Å²) in [5.74, 6) is -1.14. The molecule has 96 valence electrons. The Morgan fingerprint density at radius 3 is 1.59 bits per heavy atom. The van der Waals surface area contributed by atoms with Gasteiger partial charge in [-0.1, -0.05) is 0 Å². The molecule has 2 fully saturated rings. The molecule has 7 nitrogen and oxygen atoms in total. The number of esters is 2. The number of ether oxygens (including phenoxy) is 3. The third-order valence-corrected chi connectivity index (χ3v) is 2.91. The van der Waals surface area contributed by atoms with E-state index in [2.05, 4.69) is 0 Å². The molecule has 2 saturated heterocycles. The van der Waals surface area contributed by atoms with Gasteiger partial charge >= 0.3 is 11.9 Å². The van der Waals surface area contributed by atoms with Crippen molar-refractivity contribution in [3.8, 4) is 0 Å². The van der Waals surface area contributed by atoms with Crippen molar-refractivity contribution in [2.75, 3.05) is 0 Å². The number of carbonyl (C=O) groups is 2. The van der Waals surface area contributed by atoms with E-state index in [0.29, 0.717) is 0 Å². The predicted octanol–water partition coefficient (Wildman–Crippen LogP) is -1.65. The lowest BCUT2D eigenvalue weighted by Gasteiger charge is -2.31. The second kappa shape index (κ2) is 4.25. The van der Waals surface area contributed by atoms with Crippen LogP contribution in [0.3, 0.4) is 0 Å². The molecule has 17 heavy (non-hydrogen) atoms. The molecule has 2 aliphatic rings. The highest BCUT2D eigenvalue weighted by Gasteiger charge is 2.62. The van der Waals surface area contributed by atoms with Crippen molar-refractivity contribution in [2.45, 2.75) is 50.5 Å². The summed E-state index contributed by atoms with van der Waals surface area (Å²) in [5, 5.41) is 19.6. The minimum Gasteiger partial charge on any atom is -0.457 e. The van der Waals surface area contributed by atoms with Crippen LogP contribution in [0.5, 0.6) is 0 Å². The molecule has 2 N–H and O–H groups in total. The molecule has 0 aliphatic carbocycles. The minimum absolute atomic E-state index is 0.568. The zero-order valence-electron chi connectivity index (χ0n) is 9.40. The van der Waals surface area contributed by atoms with Crippen molar-refractivity contribution >= 4 is 11.9 Å². The summed E-state index contributed by atoms with van der Waals surface area (Å²) < 4.78 is 15.0. The van der Waals surface area contributed by atoms with Crippen LogP contribution in [0.25, 0.3) is 0 Å². The van der Waals surface area contributed by atoms with Crippen LogP contribution in [-0.2, 0) is 23.8 Å². The van der Waals surface area contributed by atoms with Gasteiger partial charge in [0.15, 0.2) is 12.2 Å². The minimum atomic E-state index is -1.10. The van der Waals surface area contributed by atoms with Crippen LogP contribution in [0.1, 0.15) is 13.8 Å². The quantitative estimate of drug-likeness (QED) is 0.563. The summed E-state index contributed by atoms with van der Waals surface area (Å²) >= 11 is 0. The summed E-state index contributed by atoms with van der Waals surface area (Å²) in [7, 11) is 0. The molecule has 0 saturated carbocycles. The summed E-state index contributed by atoms with van der Waals surface area (Å²) in [4.78, 5) is 21.7. The van der Waals surface area contributed by atoms with E-state index in [-0.39, 0.29) is 0 Å². The summed E-state index contributed by atoms with van der Waals surface area (Å²) in [5.41, 5.74) is 0. The highest BCUT2D eigenvalue weighted by molar-refractivity contribution is 5.67. The molecule has 2 bridgehead atoms. The number of fused-ring (bicyclic) bond motifs is 2. The van der Waals surface area contributed by atoms with E-state index >= 15 is 0 Å². The molecule has 4 unspecified atom stereocenters. The molecule has 0 aromatic carbocycles. The lowest BCUT2D eigenvalue weighted by atomic mass is 9.89. The van der Waals surface area contributed by atoms with Gasteiger partial charge in [0.2, 0.25) is 0 Å². The lowest BCUT2D eigenvalue weighted by Crippen LogP contribution is -2.55. The number of aliphatic hydroxyl groups excluding tert-OH is 2. The molecular weight excluding hydrogens is 232 g/mol. The largest absolute Gasteiger partial charge is 0.457 e. The molecule has 0 aromatic heterocycles. The Balaban J connectivity index is 2.09. The second-order valence-electron chi connectivity index (χ2n) is 4.19. The van der Waals surface area contributed by atoms with Gasteiger partial charge in [-0.05, 0) is 0 Å². The first-order chi connectivity index (χ1) is 7.91. The number of rotatable bonds is 2. The van der Waals surface area contributed by atoms with E-state index in [1.165, 1.54) is 13.8 Å². The molecule has 0 radical (unpaired) electrons. The summed E-state index contributed by atoms with van der Waals surface area (Å²) in [6, 6.07) is 0. The lowest BCUT2D eigenvalue weighted by molar-refractivity contribution is -0.170. The average Bonchev–Trinajstić information content (AvgIpc) is 2.66. The molecule has 7 heteroatoms. The first kappa shape index (κ1) is 12.3. The maximum Gasteiger partial charge on any atom is 0.303 e. The van der Waals surface area contributed by atoms with Crippen LogP contribution in [0, 0.1) is 0 Å². The highest BCUT2D eigenvalue weighted by atomic mass is 16.6. The van der Waals surface area contributed by atoms with Gasteiger partial charge < -0.3 is 24.4 Å². The van der Waals surface area contributed by atoms with E-state index in [9.17, 15) is 19.8 Å².